The van der Waals surface area contributed by atoms with Gasteiger partial charge in [0.15, 0.2) is 12.3 Å². The number of ether oxygens (including phenoxy) is 1. The molecule has 1 N–H and O–H groups in total. The lowest BCUT2D eigenvalue weighted by atomic mass is 10.0. The molecule has 0 aliphatic heterocycles. The van der Waals surface area contributed by atoms with Gasteiger partial charge in [0.1, 0.15) is 5.75 Å². The predicted octanol–water partition coefficient (Wildman–Crippen LogP) is 3.68. The Morgan fingerprint density at radius 1 is 1.08 bits per heavy atom. The summed E-state index contributed by atoms with van der Waals surface area (Å²) in [5.74, 6) is 0.596. The molecule has 1 amide bonds. The van der Waals surface area contributed by atoms with E-state index < -0.39 is 0 Å². The first-order valence-corrected chi connectivity index (χ1v) is 7.92. The molecule has 0 bridgehead atoms. The summed E-state index contributed by atoms with van der Waals surface area (Å²) < 4.78 is 10.3. The van der Waals surface area contributed by atoms with Crippen molar-refractivity contribution in [2.45, 2.75) is 20.8 Å². The van der Waals surface area contributed by atoms with Crippen LogP contribution in [0.25, 0.3) is 11.3 Å². The van der Waals surface area contributed by atoms with Gasteiger partial charge in [-0.1, -0.05) is 29.8 Å². The molecule has 0 saturated carbocycles. The first-order chi connectivity index (χ1) is 12.0. The third kappa shape index (κ3) is 4.03. The molecule has 1 aromatic heterocycles. The number of anilines is 1. The van der Waals surface area contributed by atoms with Gasteiger partial charge in [0.25, 0.3) is 5.91 Å². The van der Waals surface area contributed by atoms with Crippen molar-refractivity contribution in [2.75, 3.05) is 11.9 Å². The quantitative estimate of drug-likeness (QED) is 0.768. The lowest BCUT2D eigenvalue weighted by molar-refractivity contribution is -0.118. The zero-order valence-corrected chi connectivity index (χ0v) is 14.4. The number of benzene rings is 2. The molecule has 128 valence electrons. The van der Waals surface area contributed by atoms with Crippen LogP contribution >= 0.6 is 0 Å². The van der Waals surface area contributed by atoms with E-state index in [1.54, 1.807) is 6.07 Å². The van der Waals surface area contributed by atoms with Crippen molar-refractivity contribution in [2.24, 2.45) is 0 Å². The van der Waals surface area contributed by atoms with Crippen molar-refractivity contribution in [3.8, 4) is 17.0 Å². The lowest BCUT2D eigenvalue weighted by Gasteiger charge is -2.08. The van der Waals surface area contributed by atoms with E-state index in [-0.39, 0.29) is 18.3 Å². The molecule has 0 spiro atoms. The number of carbonyl (C=O) groups excluding carboxylic acids is 1. The molecule has 1 heterocycles. The number of amides is 1. The van der Waals surface area contributed by atoms with Crippen molar-refractivity contribution >= 4 is 11.7 Å². The SMILES string of the molecule is Cc1cccc(OCC(=O)Nc2nonc2-c2cc(C)ccc2C)c1. The Labute approximate surface area is 145 Å². The minimum absolute atomic E-state index is 0.122. The largest absolute Gasteiger partial charge is 0.484 e. The molecule has 0 aliphatic rings. The first-order valence-electron chi connectivity index (χ1n) is 7.92. The molecule has 3 aromatic rings. The summed E-state index contributed by atoms with van der Waals surface area (Å²) in [7, 11) is 0. The third-order valence-corrected chi connectivity index (χ3v) is 3.75. The number of carbonyl (C=O) groups is 1. The average Bonchev–Trinajstić information content (AvgIpc) is 3.03. The fourth-order valence-electron chi connectivity index (χ4n) is 2.46. The second-order valence-corrected chi connectivity index (χ2v) is 5.93. The van der Waals surface area contributed by atoms with Gasteiger partial charge in [-0.25, -0.2) is 4.63 Å². The fourth-order valence-corrected chi connectivity index (χ4v) is 2.46. The topological polar surface area (TPSA) is 77.2 Å². The number of hydrogen-bond acceptors (Lipinski definition) is 5. The Kier molecular flexibility index (Phi) is 4.79. The number of nitrogens with zero attached hydrogens (tertiary/aromatic N) is 2. The molecule has 0 fully saturated rings. The highest BCUT2D eigenvalue weighted by atomic mass is 16.6. The van der Waals surface area contributed by atoms with Gasteiger partial charge >= 0.3 is 0 Å². The minimum Gasteiger partial charge on any atom is -0.484 e. The summed E-state index contributed by atoms with van der Waals surface area (Å²) in [5, 5.41) is 10.4. The van der Waals surface area contributed by atoms with Crippen molar-refractivity contribution < 1.29 is 14.2 Å². The van der Waals surface area contributed by atoms with E-state index in [1.165, 1.54) is 0 Å². The van der Waals surface area contributed by atoms with Crippen LogP contribution in [0.3, 0.4) is 0 Å². The monoisotopic (exact) mass is 337 g/mol. The minimum atomic E-state index is -0.330. The summed E-state index contributed by atoms with van der Waals surface area (Å²) in [4.78, 5) is 12.2. The first kappa shape index (κ1) is 16.7. The van der Waals surface area contributed by atoms with Crippen molar-refractivity contribution in [1.29, 1.82) is 0 Å². The fraction of sp³-hybridized carbons (Fsp3) is 0.211. The van der Waals surface area contributed by atoms with Crippen molar-refractivity contribution in [3.05, 3.63) is 59.2 Å². The Balaban J connectivity index is 1.70. The number of aromatic nitrogens is 2. The molecule has 0 unspecified atom stereocenters. The number of nitrogens with one attached hydrogen (secondary N) is 1. The Morgan fingerprint density at radius 3 is 2.68 bits per heavy atom. The molecule has 0 atom stereocenters. The molecule has 25 heavy (non-hydrogen) atoms. The number of aryl methyl sites for hydroxylation is 3. The van der Waals surface area contributed by atoms with Crippen LogP contribution in [-0.4, -0.2) is 22.8 Å². The smallest absolute Gasteiger partial charge is 0.263 e. The van der Waals surface area contributed by atoms with Crippen LogP contribution in [0.15, 0.2) is 47.1 Å². The summed E-state index contributed by atoms with van der Waals surface area (Å²) in [6.45, 7) is 5.80. The van der Waals surface area contributed by atoms with E-state index in [9.17, 15) is 4.79 Å². The van der Waals surface area contributed by atoms with Crippen molar-refractivity contribution in [3.63, 3.8) is 0 Å². The second kappa shape index (κ2) is 7.17. The van der Waals surface area contributed by atoms with E-state index in [0.717, 1.165) is 22.3 Å². The molecule has 0 saturated heterocycles. The van der Waals surface area contributed by atoms with Crippen LogP contribution in [0.2, 0.25) is 0 Å². The number of hydrogen-bond donors (Lipinski definition) is 1. The van der Waals surface area contributed by atoms with Gasteiger partial charge in [-0.2, -0.15) is 0 Å². The normalized spacial score (nSPS) is 10.5. The Morgan fingerprint density at radius 2 is 1.88 bits per heavy atom. The van der Waals surface area contributed by atoms with Gasteiger partial charge < -0.3 is 10.1 Å². The van der Waals surface area contributed by atoms with Crippen LogP contribution in [-0.2, 0) is 4.79 Å². The van der Waals surface area contributed by atoms with Gasteiger partial charge in [0.2, 0.25) is 5.82 Å². The van der Waals surface area contributed by atoms with Crippen molar-refractivity contribution in [1.82, 2.24) is 10.3 Å². The Hall–Kier alpha value is -3.15. The van der Waals surface area contributed by atoms with Crippen LogP contribution in [0.4, 0.5) is 5.82 Å². The summed E-state index contributed by atoms with van der Waals surface area (Å²) in [5.41, 5.74) is 4.55. The second-order valence-electron chi connectivity index (χ2n) is 5.93. The van der Waals surface area contributed by atoms with Gasteiger partial charge in [0.05, 0.1) is 0 Å². The zero-order chi connectivity index (χ0) is 17.8. The molecule has 2 aromatic carbocycles. The van der Waals surface area contributed by atoms with E-state index in [0.29, 0.717) is 11.4 Å². The molecule has 3 rings (SSSR count). The zero-order valence-electron chi connectivity index (χ0n) is 14.4. The summed E-state index contributed by atoms with van der Waals surface area (Å²) >= 11 is 0. The highest BCUT2D eigenvalue weighted by molar-refractivity contribution is 5.94. The molecular weight excluding hydrogens is 318 g/mol. The molecule has 0 aliphatic carbocycles. The van der Waals surface area contributed by atoms with Gasteiger partial charge in [0, 0.05) is 5.56 Å². The maximum Gasteiger partial charge on any atom is 0.263 e. The lowest BCUT2D eigenvalue weighted by Crippen LogP contribution is -2.20. The molecule has 6 nitrogen and oxygen atoms in total. The summed E-state index contributed by atoms with van der Waals surface area (Å²) in [6, 6.07) is 13.5. The van der Waals surface area contributed by atoms with Crippen LogP contribution in [0.5, 0.6) is 5.75 Å². The number of rotatable bonds is 5. The van der Waals surface area contributed by atoms with Gasteiger partial charge in [-0.3, -0.25) is 4.79 Å². The maximum absolute atomic E-state index is 12.2. The van der Waals surface area contributed by atoms with E-state index in [2.05, 4.69) is 15.6 Å². The molecule has 6 heteroatoms. The predicted molar refractivity (Wildman–Crippen MR) is 94.5 cm³/mol. The van der Waals surface area contributed by atoms with E-state index in [4.69, 9.17) is 9.37 Å². The van der Waals surface area contributed by atoms with Gasteiger partial charge in [-0.05, 0) is 60.4 Å². The molecule has 0 radical (unpaired) electrons. The van der Waals surface area contributed by atoms with Crippen LogP contribution in [0, 0.1) is 20.8 Å². The average molecular weight is 337 g/mol. The summed E-state index contributed by atoms with van der Waals surface area (Å²) in [6.07, 6.45) is 0. The third-order valence-electron chi connectivity index (χ3n) is 3.75. The highest BCUT2D eigenvalue weighted by Crippen LogP contribution is 2.28. The Bertz CT molecular complexity index is 902. The maximum atomic E-state index is 12.2. The molecular formula is C19H19N3O3. The highest BCUT2D eigenvalue weighted by Gasteiger charge is 2.17. The standard InChI is InChI=1S/C19H19N3O3/c1-12-5-4-6-15(9-12)24-11-17(23)20-19-18(21-25-22-19)16-10-13(2)7-8-14(16)3/h4-10H,11H2,1-3H3,(H,20,22,23). The van der Waals surface area contributed by atoms with E-state index >= 15 is 0 Å². The van der Waals surface area contributed by atoms with E-state index in [1.807, 2.05) is 57.2 Å². The van der Waals surface area contributed by atoms with Crippen LogP contribution in [0.1, 0.15) is 16.7 Å². The van der Waals surface area contributed by atoms with Crippen LogP contribution < -0.4 is 10.1 Å². The van der Waals surface area contributed by atoms with Gasteiger partial charge in [-0.15, -0.1) is 0 Å².